The second-order valence-corrected chi connectivity index (χ2v) is 12.5. The van der Waals surface area contributed by atoms with E-state index in [1.54, 1.807) is 10.6 Å². The first-order valence-corrected chi connectivity index (χ1v) is 13.2. The number of hydrogen-bond acceptors (Lipinski definition) is 5. The molecule has 3 aromatic heterocycles. The summed E-state index contributed by atoms with van der Waals surface area (Å²) in [6.07, 6.45) is 6.07. The zero-order valence-corrected chi connectivity index (χ0v) is 22.9. The summed E-state index contributed by atoms with van der Waals surface area (Å²) in [5, 5.41) is 5.74. The second-order valence-electron chi connectivity index (χ2n) is 12.5. The topological polar surface area (TPSA) is 75.0 Å². The first-order valence-electron chi connectivity index (χ1n) is 13.2. The molecule has 0 radical (unpaired) electrons. The highest BCUT2D eigenvalue weighted by Crippen LogP contribution is 2.36. The number of fused-ring (bicyclic) bond motifs is 2. The lowest BCUT2D eigenvalue weighted by Gasteiger charge is -2.47. The molecule has 1 saturated heterocycles. The summed E-state index contributed by atoms with van der Waals surface area (Å²) in [5.74, 6) is 0.749. The minimum Gasteiger partial charge on any atom is -0.360 e. The Hall–Kier alpha value is -3.39. The number of nitrogens with zero attached hydrogens (tertiary/aromatic N) is 6. The van der Waals surface area contributed by atoms with E-state index in [0.717, 1.165) is 46.6 Å². The summed E-state index contributed by atoms with van der Waals surface area (Å²) < 4.78 is 3.91. The van der Waals surface area contributed by atoms with Crippen molar-refractivity contribution < 1.29 is 0 Å². The average molecular weight is 500 g/mol. The van der Waals surface area contributed by atoms with Crippen molar-refractivity contribution in [1.29, 1.82) is 0 Å². The molecule has 8 heteroatoms. The molecule has 8 nitrogen and oxygen atoms in total. The van der Waals surface area contributed by atoms with Gasteiger partial charge in [-0.3, -0.25) is 18.9 Å². The van der Waals surface area contributed by atoms with Crippen molar-refractivity contribution in [2.45, 2.75) is 78.2 Å². The summed E-state index contributed by atoms with van der Waals surface area (Å²) in [5.41, 5.74) is 4.89. The number of benzene rings is 1. The highest BCUT2D eigenvalue weighted by molar-refractivity contribution is 5.97. The Bertz CT molecular complexity index is 1540. The van der Waals surface area contributed by atoms with E-state index in [-0.39, 0.29) is 22.7 Å². The predicted octanol–water partition coefficient (Wildman–Crippen LogP) is 4.92. The molecule has 6 rings (SSSR count). The first kappa shape index (κ1) is 24.0. The molecule has 0 amide bonds. The summed E-state index contributed by atoms with van der Waals surface area (Å²) in [6.45, 7) is 18.1. The van der Waals surface area contributed by atoms with Gasteiger partial charge in [-0.2, -0.15) is 5.10 Å². The molecule has 1 fully saturated rings. The van der Waals surface area contributed by atoms with Crippen molar-refractivity contribution in [3.05, 3.63) is 53.2 Å². The number of H-pyrrole nitrogens is 1. The average Bonchev–Trinajstić information content (AvgIpc) is 3.46. The predicted molar refractivity (Wildman–Crippen MR) is 149 cm³/mol. The summed E-state index contributed by atoms with van der Waals surface area (Å²) in [7, 11) is 0. The van der Waals surface area contributed by atoms with Crippen LogP contribution in [-0.2, 0) is 6.54 Å². The third-order valence-electron chi connectivity index (χ3n) is 7.99. The van der Waals surface area contributed by atoms with Crippen LogP contribution in [0.4, 0.5) is 5.95 Å². The fourth-order valence-electron chi connectivity index (χ4n) is 6.00. The molecule has 5 heterocycles. The molecular weight excluding hydrogens is 462 g/mol. The Morgan fingerprint density at radius 3 is 2.57 bits per heavy atom. The molecule has 2 aliphatic rings. The van der Waals surface area contributed by atoms with Gasteiger partial charge in [0.25, 0.3) is 5.56 Å². The van der Waals surface area contributed by atoms with Gasteiger partial charge in [0, 0.05) is 65.2 Å². The summed E-state index contributed by atoms with van der Waals surface area (Å²) >= 11 is 0. The Morgan fingerprint density at radius 1 is 1.11 bits per heavy atom. The molecule has 0 saturated carbocycles. The van der Waals surface area contributed by atoms with E-state index in [0.29, 0.717) is 18.3 Å². The number of aromatic nitrogens is 5. The van der Waals surface area contributed by atoms with Gasteiger partial charge in [-0.1, -0.05) is 6.07 Å². The number of nitrogens with one attached hydrogen (secondary N) is 1. The van der Waals surface area contributed by atoms with Crippen LogP contribution in [0.25, 0.3) is 33.3 Å². The molecular formula is C29H37N7O. The molecule has 37 heavy (non-hydrogen) atoms. The van der Waals surface area contributed by atoms with Crippen molar-refractivity contribution in [2.75, 3.05) is 18.0 Å². The number of hydrogen-bond donors (Lipinski definition) is 1. The highest BCUT2D eigenvalue weighted by Gasteiger charge is 2.40. The van der Waals surface area contributed by atoms with Crippen LogP contribution < -0.4 is 10.5 Å². The molecule has 0 bridgehead atoms. The zero-order valence-electron chi connectivity index (χ0n) is 22.9. The first-order chi connectivity index (χ1) is 17.4. The van der Waals surface area contributed by atoms with Gasteiger partial charge in [0.2, 0.25) is 5.95 Å². The van der Waals surface area contributed by atoms with E-state index in [9.17, 15) is 4.79 Å². The van der Waals surface area contributed by atoms with Gasteiger partial charge >= 0.3 is 0 Å². The van der Waals surface area contributed by atoms with Gasteiger partial charge in [-0.25, -0.2) is 4.98 Å². The Morgan fingerprint density at radius 2 is 1.86 bits per heavy atom. The van der Waals surface area contributed by atoms with E-state index < -0.39 is 0 Å². The lowest BCUT2D eigenvalue weighted by Crippen LogP contribution is -2.56. The van der Waals surface area contributed by atoms with Crippen molar-refractivity contribution >= 4 is 16.9 Å². The monoisotopic (exact) mass is 499 g/mol. The van der Waals surface area contributed by atoms with Crippen LogP contribution in [0, 0.1) is 0 Å². The summed E-state index contributed by atoms with van der Waals surface area (Å²) in [4.78, 5) is 26.3. The Labute approximate surface area is 217 Å². The van der Waals surface area contributed by atoms with Crippen LogP contribution in [0.3, 0.4) is 0 Å². The maximum Gasteiger partial charge on any atom is 0.255 e. The number of aromatic amines is 1. The molecule has 0 aliphatic carbocycles. The number of anilines is 1. The van der Waals surface area contributed by atoms with Crippen LogP contribution in [0.5, 0.6) is 0 Å². The van der Waals surface area contributed by atoms with Crippen molar-refractivity contribution in [2.24, 2.45) is 0 Å². The molecule has 2 aliphatic heterocycles. The van der Waals surface area contributed by atoms with E-state index in [2.05, 4.69) is 97.4 Å². The molecule has 1 N–H and O–H groups in total. The van der Waals surface area contributed by atoms with Gasteiger partial charge in [-0.05, 0) is 66.2 Å². The Balaban J connectivity index is 1.35. The van der Waals surface area contributed by atoms with Gasteiger partial charge in [0.15, 0.2) is 0 Å². The van der Waals surface area contributed by atoms with E-state index in [1.807, 2.05) is 12.4 Å². The molecule has 0 unspecified atom stereocenters. The standard InChI is InChI=1S/C29H37N7O/c1-18(2)36-27-32-25(11-26(37)34(27)17-29(36,6)7)23-13-30-24-9-8-19(10-22(23)24)20-12-31-35(14-20)21-15-33(16-21)28(3,4)5/h8-14,18,21,30H,15-17H2,1-7H3. The second kappa shape index (κ2) is 8.05. The maximum atomic E-state index is 13.2. The zero-order chi connectivity index (χ0) is 26.3. The van der Waals surface area contributed by atoms with E-state index in [1.165, 1.54) is 0 Å². The van der Waals surface area contributed by atoms with E-state index in [4.69, 9.17) is 4.98 Å². The molecule has 0 atom stereocenters. The quantitative estimate of drug-likeness (QED) is 0.432. The third-order valence-corrected chi connectivity index (χ3v) is 7.99. The lowest BCUT2D eigenvalue weighted by molar-refractivity contribution is 0.0155. The van der Waals surface area contributed by atoms with E-state index >= 15 is 0 Å². The van der Waals surface area contributed by atoms with Gasteiger partial charge < -0.3 is 9.88 Å². The number of rotatable bonds is 4. The van der Waals surface area contributed by atoms with Crippen molar-refractivity contribution in [1.82, 2.24) is 29.2 Å². The minimum atomic E-state index is -0.163. The smallest absolute Gasteiger partial charge is 0.255 e. The summed E-state index contributed by atoms with van der Waals surface area (Å²) in [6, 6.07) is 8.73. The van der Waals surface area contributed by atoms with Gasteiger partial charge in [-0.15, -0.1) is 0 Å². The highest BCUT2D eigenvalue weighted by atomic mass is 16.1. The number of likely N-dealkylation sites (tertiary alicyclic amines) is 1. The normalized spacial score (nSPS) is 18.1. The fourth-order valence-corrected chi connectivity index (χ4v) is 6.00. The largest absolute Gasteiger partial charge is 0.360 e. The minimum absolute atomic E-state index is 0.00666. The van der Waals surface area contributed by atoms with Crippen LogP contribution >= 0.6 is 0 Å². The van der Waals surface area contributed by atoms with Crippen LogP contribution in [0.2, 0.25) is 0 Å². The lowest BCUT2D eigenvalue weighted by atomic mass is 9.98. The van der Waals surface area contributed by atoms with Crippen LogP contribution in [-0.4, -0.2) is 59.4 Å². The maximum absolute atomic E-state index is 13.2. The molecule has 194 valence electrons. The Kier molecular flexibility index (Phi) is 5.22. The molecule has 1 aromatic carbocycles. The van der Waals surface area contributed by atoms with Gasteiger partial charge in [0.1, 0.15) is 0 Å². The molecule has 4 aromatic rings. The van der Waals surface area contributed by atoms with Gasteiger partial charge in [0.05, 0.1) is 30.0 Å². The van der Waals surface area contributed by atoms with Crippen molar-refractivity contribution in [3.8, 4) is 22.4 Å². The fraction of sp³-hybridized carbons (Fsp3) is 0.483. The van der Waals surface area contributed by atoms with Crippen LogP contribution in [0.15, 0.2) is 47.7 Å². The van der Waals surface area contributed by atoms with Crippen molar-refractivity contribution in [3.63, 3.8) is 0 Å². The molecule has 0 spiro atoms. The third kappa shape index (κ3) is 3.89. The van der Waals surface area contributed by atoms with Crippen LogP contribution in [0.1, 0.15) is 54.5 Å². The SMILES string of the molecule is CC(C)N1c2nc(-c3c[nH]c4ccc(-c5cnn(C6CN(C(C)(C)C)C6)c5)cc34)cc(=O)n2CC1(C)C.